The van der Waals surface area contributed by atoms with E-state index in [1.54, 1.807) is 20.8 Å². The summed E-state index contributed by atoms with van der Waals surface area (Å²) < 4.78 is 5.52. The number of rotatable bonds is 6. The predicted octanol–water partition coefficient (Wildman–Crippen LogP) is 3.01. The number of carboxylic acids is 1. The van der Waals surface area contributed by atoms with Gasteiger partial charge < -0.3 is 14.7 Å². The van der Waals surface area contributed by atoms with Crippen LogP contribution in [0, 0.1) is 0 Å². The number of aliphatic carboxylic acids is 1. The molecule has 0 saturated heterocycles. The van der Waals surface area contributed by atoms with Crippen LogP contribution in [0.1, 0.15) is 38.3 Å². The number of nitrogens with zero attached hydrogens (tertiary/aromatic N) is 2. The normalized spacial score (nSPS) is 17.3. The number of benzene rings is 1. The predicted molar refractivity (Wildman–Crippen MR) is 113 cm³/mol. The van der Waals surface area contributed by atoms with E-state index in [1.807, 2.05) is 30.5 Å². The first-order chi connectivity index (χ1) is 13.5. The van der Waals surface area contributed by atoms with Gasteiger partial charge >= 0.3 is 12.1 Å². The summed E-state index contributed by atoms with van der Waals surface area (Å²) in [5, 5.41) is 9.59. The highest BCUT2D eigenvalue weighted by Gasteiger charge is 2.40. The van der Waals surface area contributed by atoms with Crippen molar-refractivity contribution >= 4 is 29.7 Å². The molecule has 1 N–H and O–H groups in total. The molecule has 1 aromatic carbocycles. The quantitative estimate of drug-likeness (QED) is 0.758. The number of amides is 2. The molecule has 0 spiro atoms. The Hall–Kier alpha value is -2.22. The first kappa shape index (κ1) is 23.1. The van der Waals surface area contributed by atoms with Crippen molar-refractivity contribution in [1.29, 1.82) is 0 Å². The molecule has 0 saturated carbocycles. The fourth-order valence-electron chi connectivity index (χ4n) is 3.36. The molecule has 0 bridgehead atoms. The number of hydrogen-bond acceptors (Lipinski definition) is 5. The maximum Gasteiger partial charge on any atom is 0.411 e. The molecule has 2 amide bonds. The molecule has 0 fully saturated rings. The summed E-state index contributed by atoms with van der Waals surface area (Å²) in [5.74, 6) is -0.813. The summed E-state index contributed by atoms with van der Waals surface area (Å²) >= 11 is 1.53. The Labute approximate surface area is 176 Å². The maximum absolute atomic E-state index is 13.3. The number of carboxylic acid groups (broad SMARTS) is 1. The summed E-state index contributed by atoms with van der Waals surface area (Å²) in [4.78, 5) is 40.6. The van der Waals surface area contributed by atoms with E-state index < -0.39 is 29.7 Å². The molecule has 1 aliphatic heterocycles. The zero-order valence-corrected chi connectivity index (χ0v) is 18.5. The average Bonchev–Trinajstić information content (AvgIpc) is 2.64. The Morgan fingerprint density at radius 3 is 2.45 bits per heavy atom. The van der Waals surface area contributed by atoms with Crippen LogP contribution in [-0.2, 0) is 27.3 Å². The van der Waals surface area contributed by atoms with Crippen molar-refractivity contribution < 1.29 is 24.2 Å². The van der Waals surface area contributed by atoms with Gasteiger partial charge in [0.15, 0.2) is 0 Å². The topological polar surface area (TPSA) is 87.2 Å². The molecule has 0 radical (unpaired) electrons. The third-order valence-corrected chi connectivity index (χ3v) is 5.50. The van der Waals surface area contributed by atoms with Gasteiger partial charge in [0.2, 0.25) is 5.91 Å². The van der Waals surface area contributed by atoms with E-state index in [1.165, 1.54) is 28.6 Å². The summed E-state index contributed by atoms with van der Waals surface area (Å²) in [5.41, 5.74) is 1.24. The standard InChI is InChI=1S/C21H30N2O5S/c1-21(2,3)28-20(27)23-13-15-9-7-6-8-14(15)12-17(23)18(24)22(4)16(19(25)26)10-11-29-5/h6-9,16-17H,10-13H2,1-5H3,(H,25,26)/t16-,17+/m0/s1. The summed E-state index contributed by atoms with van der Waals surface area (Å²) in [6, 6.07) is 5.91. The van der Waals surface area contributed by atoms with Crippen LogP contribution in [0.3, 0.4) is 0 Å². The number of carbonyl (C=O) groups is 3. The van der Waals surface area contributed by atoms with Crippen molar-refractivity contribution in [2.75, 3.05) is 19.1 Å². The minimum Gasteiger partial charge on any atom is -0.480 e. The van der Waals surface area contributed by atoms with Crippen molar-refractivity contribution in [2.24, 2.45) is 0 Å². The molecule has 1 aromatic rings. The lowest BCUT2D eigenvalue weighted by molar-refractivity contribution is -0.151. The first-order valence-electron chi connectivity index (χ1n) is 9.60. The third-order valence-electron chi connectivity index (χ3n) is 4.86. The lowest BCUT2D eigenvalue weighted by Crippen LogP contribution is -2.56. The zero-order chi connectivity index (χ0) is 21.8. The molecule has 1 aliphatic rings. The first-order valence-corrected chi connectivity index (χ1v) is 11.0. The van der Waals surface area contributed by atoms with Gasteiger partial charge in [-0.25, -0.2) is 9.59 Å². The van der Waals surface area contributed by atoms with Crippen molar-refractivity contribution in [3.63, 3.8) is 0 Å². The molecule has 2 rings (SSSR count). The summed E-state index contributed by atoms with van der Waals surface area (Å²) in [7, 11) is 1.50. The molecule has 0 aliphatic carbocycles. The molecule has 0 aromatic heterocycles. The molecule has 7 nitrogen and oxygen atoms in total. The van der Waals surface area contributed by atoms with Crippen molar-refractivity contribution in [2.45, 2.75) is 57.8 Å². The van der Waals surface area contributed by atoms with E-state index in [2.05, 4.69) is 0 Å². The van der Waals surface area contributed by atoms with Gasteiger partial charge in [0, 0.05) is 13.5 Å². The number of carbonyl (C=O) groups excluding carboxylic acids is 2. The highest BCUT2D eigenvalue weighted by Crippen LogP contribution is 2.27. The van der Waals surface area contributed by atoms with Crippen molar-refractivity contribution in [3.05, 3.63) is 35.4 Å². The van der Waals surface area contributed by atoms with Crippen LogP contribution >= 0.6 is 11.8 Å². The highest BCUT2D eigenvalue weighted by atomic mass is 32.2. The van der Waals surface area contributed by atoms with E-state index in [-0.39, 0.29) is 12.5 Å². The Morgan fingerprint density at radius 1 is 1.28 bits per heavy atom. The number of likely N-dealkylation sites (N-methyl/N-ethyl adjacent to an activating group) is 1. The van der Waals surface area contributed by atoms with Crippen molar-refractivity contribution in [3.8, 4) is 0 Å². The SMILES string of the molecule is CSCC[C@@H](C(=O)O)N(C)C(=O)[C@H]1Cc2ccccc2CN1C(=O)OC(C)(C)C. The largest absolute Gasteiger partial charge is 0.480 e. The van der Waals surface area contributed by atoms with Crippen LogP contribution in [0.15, 0.2) is 24.3 Å². The molecule has 160 valence electrons. The van der Waals surface area contributed by atoms with Gasteiger partial charge in [-0.2, -0.15) is 11.8 Å². The fraction of sp³-hybridized carbons (Fsp3) is 0.571. The molecule has 8 heteroatoms. The monoisotopic (exact) mass is 422 g/mol. The molecular formula is C21H30N2O5S. The number of fused-ring (bicyclic) bond motifs is 1. The number of ether oxygens (including phenoxy) is 1. The Kier molecular flexibility index (Phi) is 7.57. The fourth-order valence-corrected chi connectivity index (χ4v) is 3.82. The van der Waals surface area contributed by atoms with Gasteiger partial charge in [0.05, 0.1) is 6.54 Å². The number of thioether (sulfide) groups is 1. The average molecular weight is 423 g/mol. The van der Waals surface area contributed by atoms with Crippen LogP contribution in [0.2, 0.25) is 0 Å². The van der Waals surface area contributed by atoms with Crippen LogP contribution in [0.25, 0.3) is 0 Å². The maximum atomic E-state index is 13.3. The van der Waals surface area contributed by atoms with E-state index in [0.29, 0.717) is 18.6 Å². The lowest BCUT2D eigenvalue weighted by Gasteiger charge is -2.39. The Bertz CT molecular complexity index is 762. The molecule has 1 heterocycles. The third kappa shape index (κ3) is 5.88. The minimum absolute atomic E-state index is 0.248. The van der Waals surface area contributed by atoms with Crippen LogP contribution < -0.4 is 0 Å². The van der Waals surface area contributed by atoms with Gasteiger partial charge in [-0.3, -0.25) is 9.69 Å². The van der Waals surface area contributed by atoms with Gasteiger partial charge in [-0.05, 0) is 50.3 Å². The van der Waals surface area contributed by atoms with E-state index >= 15 is 0 Å². The molecule has 2 atom stereocenters. The lowest BCUT2D eigenvalue weighted by atomic mass is 9.93. The van der Waals surface area contributed by atoms with Gasteiger partial charge in [-0.15, -0.1) is 0 Å². The van der Waals surface area contributed by atoms with E-state index in [0.717, 1.165) is 11.1 Å². The second kappa shape index (κ2) is 9.52. The zero-order valence-electron chi connectivity index (χ0n) is 17.7. The van der Waals surface area contributed by atoms with Crippen LogP contribution in [-0.4, -0.2) is 69.6 Å². The van der Waals surface area contributed by atoms with Crippen LogP contribution in [0.5, 0.6) is 0 Å². The second-order valence-corrected chi connectivity index (χ2v) is 9.17. The van der Waals surface area contributed by atoms with Crippen LogP contribution in [0.4, 0.5) is 4.79 Å². The molecular weight excluding hydrogens is 392 g/mol. The number of hydrogen-bond donors (Lipinski definition) is 1. The van der Waals surface area contributed by atoms with E-state index in [9.17, 15) is 19.5 Å². The summed E-state index contributed by atoms with van der Waals surface area (Å²) in [6.45, 7) is 5.57. The Balaban J connectivity index is 2.32. The highest BCUT2D eigenvalue weighted by molar-refractivity contribution is 7.98. The van der Waals surface area contributed by atoms with Gasteiger partial charge in [-0.1, -0.05) is 24.3 Å². The molecule has 0 unspecified atom stereocenters. The minimum atomic E-state index is -1.05. The summed E-state index contributed by atoms with van der Waals surface area (Å²) in [6.07, 6.45) is 1.99. The second-order valence-electron chi connectivity index (χ2n) is 8.18. The van der Waals surface area contributed by atoms with Gasteiger partial charge in [0.1, 0.15) is 17.7 Å². The van der Waals surface area contributed by atoms with E-state index in [4.69, 9.17) is 4.74 Å². The smallest absolute Gasteiger partial charge is 0.411 e. The molecule has 29 heavy (non-hydrogen) atoms. The van der Waals surface area contributed by atoms with Crippen molar-refractivity contribution in [1.82, 2.24) is 9.80 Å². The van der Waals surface area contributed by atoms with Gasteiger partial charge in [0.25, 0.3) is 0 Å². The Morgan fingerprint density at radius 2 is 1.90 bits per heavy atom.